The van der Waals surface area contributed by atoms with Crippen molar-refractivity contribution in [3.05, 3.63) is 60.9 Å². The van der Waals surface area contributed by atoms with E-state index in [0.717, 1.165) is 5.69 Å². The fraction of sp³-hybridized carbons (Fsp3) is 0.333. The maximum atomic E-state index is 12.8. The summed E-state index contributed by atoms with van der Waals surface area (Å²) in [5.41, 5.74) is 1.30. The van der Waals surface area contributed by atoms with Crippen molar-refractivity contribution in [2.24, 2.45) is 5.41 Å². The Morgan fingerprint density at radius 1 is 1.24 bits per heavy atom. The smallest absolute Gasteiger partial charge is 0.251 e. The van der Waals surface area contributed by atoms with Crippen LogP contribution in [0.4, 0.5) is 0 Å². The summed E-state index contributed by atoms with van der Waals surface area (Å²) in [6.45, 7) is 7.00. The lowest BCUT2D eigenvalue weighted by molar-refractivity contribution is 0.0892. The van der Waals surface area contributed by atoms with E-state index in [-0.39, 0.29) is 17.4 Å². The van der Waals surface area contributed by atoms with Gasteiger partial charge < -0.3 is 9.88 Å². The van der Waals surface area contributed by atoms with Crippen LogP contribution in [0.5, 0.6) is 0 Å². The van der Waals surface area contributed by atoms with Crippen LogP contribution in [0, 0.1) is 5.41 Å². The fourth-order valence-corrected chi connectivity index (χ4v) is 2.52. The first-order chi connectivity index (χ1) is 11.9. The molecule has 1 aromatic carbocycles. The van der Waals surface area contributed by atoms with Crippen LogP contribution < -0.4 is 5.32 Å². The number of aromatic nitrogens is 5. The monoisotopic (exact) mass is 338 g/mol. The largest absolute Gasteiger partial charge is 0.347 e. The van der Waals surface area contributed by atoms with E-state index in [1.165, 1.54) is 0 Å². The zero-order valence-electron chi connectivity index (χ0n) is 14.6. The molecule has 0 aliphatic carbocycles. The van der Waals surface area contributed by atoms with Crippen LogP contribution in [0.1, 0.15) is 31.1 Å². The standard InChI is InChI=1S/C18H22N6O/c1-18(2,3)16(12-23-9-7-19-13-23)21-17(25)14-5-4-6-15(11-14)24-10-8-20-22-24/h4-11,13,16H,12H2,1-3H3,(H,21,25)/t16-/m0/s1. The molecule has 0 saturated heterocycles. The number of hydrogen-bond donors (Lipinski definition) is 1. The molecular formula is C18H22N6O. The molecule has 1 N–H and O–H groups in total. The first kappa shape index (κ1) is 16.9. The Hall–Kier alpha value is -2.96. The lowest BCUT2D eigenvalue weighted by atomic mass is 9.86. The molecule has 3 aromatic rings. The second-order valence-electron chi connectivity index (χ2n) is 7.05. The normalized spacial score (nSPS) is 12.8. The number of benzene rings is 1. The Morgan fingerprint density at radius 2 is 2.08 bits per heavy atom. The predicted molar refractivity (Wildman–Crippen MR) is 94.3 cm³/mol. The summed E-state index contributed by atoms with van der Waals surface area (Å²) in [7, 11) is 0. The quantitative estimate of drug-likeness (QED) is 0.774. The fourth-order valence-electron chi connectivity index (χ4n) is 2.52. The molecule has 2 heterocycles. The Bertz CT molecular complexity index is 818. The van der Waals surface area contributed by atoms with E-state index in [2.05, 4.69) is 41.4 Å². The van der Waals surface area contributed by atoms with Crippen LogP contribution in [0.15, 0.2) is 55.4 Å². The van der Waals surface area contributed by atoms with Crippen molar-refractivity contribution >= 4 is 5.91 Å². The van der Waals surface area contributed by atoms with E-state index >= 15 is 0 Å². The van der Waals surface area contributed by atoms with E-state index in [0.29, 0.717) is 12.1 Å². The molecule has 0 fully saturated rings. The zero-order chi connectivity index (χ0) is 17.9. The maximum absolute atomic E-state index is 12.8. The number of carbonyl (C=O) groups is 1. The second kappa shape index (κ2) is 6.88. The van der Waals surface area contributed by atoms with Crippen LogP contribution in [-0.4, -0.2) is 36.5 Å². The van der Waals surface area contributed by atoms with E-state index < -0.39 is 0 Å². The van der Waals surface area contributed by atoms with E-state index in [1.54, 1.807) is 41.7 Å². The van der Waals surface area contributed by atoms with Crippen molar-refractivity contribution in [2.75, 3.05) is 0 Å². The maximum Gasteiger partial charge on any atom is 0.251 e. The molecule has 0 bridgehead atoms. The van der Waals surface area contributed by atoms with Gasteiger partial charge in [0.1, 0.15) is 0 Å². The summed E-state index contributed by atoms with van der Waals surface area (Å²) < 4.78 is 3.60. The highest BCUT2D eigenvalue weighted by molar-refractivity contribution is 5.95. The molecule has 0 unspecified atom stereocenters. The van der Waals surface area contributed by atoms with Crippen LogP contribution >= 0.6 is 0 Å². The topological polar surface area (TPSA) is 77.6 Å². The van der Waals surface area contributed by atoms with Crippen molar-refractivity contribution in [3.8, 4) is 5.69 Å². The molecule has 25 heavy (non-hydrogen) atoms. The first-order valence-corrected chi connectivity index (χ1v) is 8.17. The van der Waals surface area contributed by atoms with Gasteiger partial charge in [-0.3, -0.25) is 4.79 Å². The Morgan fingerprint density at radius 3 is 2.72 bits per heavy atom. The van der Waals surface area contributed by atoms with Gasteiger partial charge in [0.15, 0.2) is 0 Å². The van der Waals surface area contributed by atoms with Gasteiger partial charge in [0, 0.05) is 24.5 Å². The minimum Gasteiger partial charge on any atom is -0.347 e. The predicted octanol–water partition coefficient (Wildman–Crippen LogP) is 2.31. The zero-order valence-corrected chi connectivity index (χ0v) is 14.6. The number of carbonyl (C=O) groups excluding carboxylic acids is 1. The third-order valence-corrected chi connectivity index (χ3v) is 4.10. The van der Waals surface area contributed by atoms with Gasteiger partial charge in [-0.1, -0.05) is 32.1 Å². The van der Waals surface area contributed by atoms with Crippen LogP contribution in [-0.2, 0) is 6.54 Å². The van der Waals surface area contributed by atoms with Crippen LogP contribution in [0.3, 0.4) is 0 Å². The summed E-state index contributed by atoms with van der Waals surface area (Å²) in [6, 6.07) is 7.30. The van der Waals surface area contributed by atoms with E-state index in [9.17, 15) is 4.79 Å². The van der Waals surface area contributed by atoms with E-state index in [1.807, 2.05) is 22.9 Å². The SMILES string of the molecule is CC(C)(C)[C@H](Cn1ccnc1)NC(=O)c1cccc(-n2ccnn2)c1. The number of nitrogens with one attached hydrogen (secondary N) is 1. The molecule has 1 atom stereocenters. The Labute approximate surface area is 146 Å². The number of amides is 1. The third-order valence-electron chi connectivity index (χ3n) is 4.10. The van der Waals surface area contributed by atoms with Gasteiger partial charge in [-0.05, 0) is 23.6 Å². The number of nitrogens with zero attached hydrogens (tertiary/aromatic N) is 5. The van der Waals surface area contributed by atoms with Gasteiger partial charge in [-0.2, -0.15) is 0 Å². The highest BCUT2D eigenvalue weighted by Gasteiger charge is 2.27. The molecule has 7 nitrogen and oxygen atoms in total. The number of rotatable bonds is 5. The molecule has 0 aliphatic rings. The van der Waals surface area contributed by atoms with E-state index in [4.69, 9.17) is 0 Å². The average molecular weight is 338 g/mol. The molecule has 0 spiro atoms. The summed E-state index contributed by atoms with van der Waals surface area (Å²) >= 11 is 0. The Balaban J connectivity index is 1.78. The molecule has 2 aromatic heterocycles. The molecule has 0 aliphatic heterocycles. The van der Waals surface area contributed by atoms with Gasteiger partial charge in [-0.15, -0.1) is 5.10 Å². The third kappa shape index (κ3) is 4.12. The number of imidazole rings is 1. The second-order valence-corrected chi connectivity index (χ2v) is 7.05. The molecule has 7 heteroatoms. The molecule has 0 saturated carbocycles. The molecule has 3 rings (SSSR count). The summed E-state index contributed by atoms with van der Waals surface area (Å²) in [6.07, 6.45) is 8.75. The van der Waals surface area contributed by atoms with Gasteiger partial charge in [-0.25, -0.2) is 9.67 Å². The lowest BCUT2D eigenvalue weighted by Gasteiger charge is -2.31. The van der Waals surface area contributed by atoms with Crippen molar-refractivity contribution in [1.82, 2.24) is 29.9 Å². The number of hydrogen-bond acceptors (Lipinski definition) is 4. The highest BCUT2D eigenvalue weighted by atomic mass is 16.1. The van der Waals surface area contributed by atoms with Crippen molar-refractivity contribution < 1.29 is 4.79 Å². The molecule has 130 valence electrons. The van der Waals surface area contributed by atoms with Gasteiger partial charge in [0.05, 0.1) is 30.5 Å². The molecule has 0 radical (unpaired) electrons. The summed E-state index contributed by atoms with van der Waals surface area (Å²) in [4.78, 5) is 16.8. The highest BCUT2D eigenvalue weighted by Crippen LogP contribution is 2.21. The van der Waals surface area contributed by atoms with Crippen LogP contribution in [0.25, 0.3) is 5.69 Å². The van der Waals surface area contributed by atoms with Crippen LogP contribution in [0.2, 0.25) is 0 Å². The molecular weight excluding hydrogens is 316 g/mol. The minimum atomic E-state index is -0.109. The van der Waals surface area contributed by atoms with Crippen molar-refractivity contribution in [3.63, 3.8) is 0 Å². The summed E-state index contributed by atoms with van der Waals surface area (Å²) in [5.74, 6) is -0.109. The summed E-state index contributed by atoms with van der Waals surface area (Å²) in [5, 5.41) is 10.9. The minimum absolute atomic E-state index is 0.0378. The van der Waals surface area contributed by atoms with Gasteiger partial charge in [0.25, 0.3) is 5.91 Å². The van der Waals surface area contributed by atoms with Crippen molar-refractivity contribution in [2.45, 2.75) is 33.4 Å². The average Bonchev–Trinajstić information content (AvgIpc) is 3.27. The Kier molecular flexibility index (Phi) is 4.65. The lowest BCUT2D eigenvalue weighted by Crippen LogP contribution is -2.46. The van der Waals surface area contributed by atoms with Crippen molar-refractivity contribution in [1.29, 1.82) is 0 Å². The molecule has 1 amide bonds. The van der Waals surface area contributed by atoms with Gasteiger partial charge >= 0.3 is 0 Å². The van der Waals surface area contributed by atoms with Gasteiger partial charge in [0.2, 0.25) is 0 Å². The first-order valence-electron chi connectivity index (χ1n) is 8.17.